The number of unbranched alkanes of at least 4 members (excludes halogenated alkanes) is 1. The average molecular weight is 667 g/mol. The Kier molecular flexibility index (Phi) is 15.7. The Labute approximate surface area is 283 Å². The highest BCUT2D eigenvalue weighted by Crippen LogP contribution is 2.19. The zero-order valence-corrected chi connectivity index (χ0v) is 28.3. The van der Waals surface area contributed by atoms with E-state index in [9.17, 15) is 24.0 Å². The van der Waals surface area contributed by atoms with Gasteiger partial charge in [0.15, 0.2) is 0 Å². The number of nitrogens with zero attached hydrogens (tertiary/aromatic N) is 1. The Morgan fingerprint density at radius 1 is 0.812 bits per heavy atom. The van der Waals surface area contributed by atoms with Crippen LogP contribution in [0.15, 0.2) is 60.7 Å². The van der Waals surface area contributed by atoms with E-state index in [1.807, 2.05) is 60.7 Å². The Morgan fingerprint density at radius 3 is 2.08 bits per heavy atom. The zero-order chi connectivity index (χ0) is 34.8. The van der Waals surface area contributed by atoms with Gasteiger partial charge >= 0.3 is 18.2 Å². The van der Waals surface area contributed by atoms with Gasteiger partial charge in [0.1, 0.15) is 24.9 Å². The minimum atomic E-state index is -0.853. The number of esters is 1. The van der Waals surface area contributed by atoms with Gasteiger partial charge in [-0.25, -0.2) is 9.59 Å². The second kappa shape index (κ2) is 19.9. The molecule has 0 saturated carbocycles. The molecule has 3 rings (SSSR count). The summed E-state index contributed by atoms with van der Waals surface area (Å²) < 4.78 is 15.9. The molecule has 0 aromatic heterocycles. The number of piperidine rings is 1. The maximum atomic E-state index is 13.6. The smallest absolute Gasteiger partial charge is 0.408 e. The number of alkyl carbamates (subject to hydrolysis) is 2. The summed E-state index contributed by atoms with van der Waals surface area (Å²) in [5.41, 5.74) is 1.05. The van der Waals surface area contributed by atoms with Crippen LogP contribution in [0.5, 0.6) is 0 Å². The van der Waals surface area contributed by atoms with Crippen LogP contribution < -0.4 is 16.0 Å². The predicted octanol–water partition coefficient (Wildman–Crippen LogP) is 4.85. The number of ether oxygens (including phenoxy) is 3. The summed E-state index contributed by atoms with van der Waals surface area (Å²) >= 11 is 0. The summed E-state index contributed by atoms with van der Waals surface area (Å²) in [6, 6.07) is 17.9. The SMILES string of the molecule is CC(C)(C)OC(=O)N[C@@H](CCCCNC(=O)OCc1ccccc1)C(=O)N1CCCC(C(=O)NCCCC(=O)OCc2ccccc2)C1. The molecule has 1 heterocycles. The lowest BCUT2D eigenvalue weighted by atomic mass is 9.96. The fourth-order valence-electron chi connectivity index (χ4n) is 5.16. The van der Waals surface area contributed by atoms with Crippen molar-refractivity contribution in [2.45, 2.75) is 90.6 Å². The van der Waals surface area contributed by atoms with Crippen LogP contribution in [0.2, 0.25) is 0 Å². The maximum absolute atomic E-state index is 13.6. The second-order valence-electron chi connectivity index (χ2n) is 12.8. The van der Waals surface area contributed by atoms with Crippen molar-refractivity contribution < 1.29 is 38.2 Å². The van der Waals surface area contributed by atoms with Gasteiger partial charge in [0.2, 0.25) is 11.8 Å². The second-order valence-corrected chi connectivity index (χ2v) is 12.8. The van der Waals surface area contributed by atoms with Gasteiger partial charge in [-0.1, -0.05) is 60.7 Å². The largest absolute Gasteiger partial charge is 0.461 e. The van der Waals surface area contributed by atoms with Crippen molar-refractivity contribution in [3.63, 3.8) is 0 Å². The molecule has 262 valence electrons. The molecule has 12 heteroatoms. The molecule has 3 N–H and O–H groups in total. The molecule has 2 aromatic carbocycles. The molecule has 2 atom stereocenters. The average Bonchev–Trinajstić information content (AvgIpc) is 3.07. The number of nitrogens with one attached hydrogen (secondary N) is 3. The lowest BCUT2D eigenvalue weighted by Gasteiger charge is -2.34. The monoisotopic (exact) mass is 666 g/mol. The van der Waals surface area contributed by atoms with Crippen molar-refractivity contribution in [2.75, 3.05) is 26.2 Å². The van der Waals surface area contributed by atoms with Crippen LogP contribution in [0.1, 0.15) is 76.8 Å². The first kappa shape index (κ1) is 37.8. The lowest BCUT2D eigenvalue weighted by molar-refractivity contribution is -0.145. The molecule has 1 unspecified atom stereocenters. The predicted molar refractivity (Wildman–Crippen MR) is 179 cm³/mol. The Morgan fingerprint density at radius 2 is 1.44 bits per heavy atom. The molecule has 12 nitrogen and oxygen atoms in total. The number of amides is 4. The van der Waals surface area contributed by atoms with Crippen LogP contribution in [0, 0.1) is 5.92 Å². The van der Waals surface area contributed by atoms with E-state index in [1.54, 1.807) is 25.7 Å². The molecular formula is C36H50N4O8. The molecule has 0 radical (unpaired) electrons. The third-order valence-corrected chi connectivity index (χ3v) is 7.59. The van der Waals surface area contributed by atoms with E-state index >= 15 is 0 Å². The molecule has 1 saturated heterocycles. The quantitative estimate of drug-likeness (QED) is 0.131. The number of carbonyl (C=O) groups excluding carboxylic acids is 5. The van der Waals surface area contributed by atoms with Crippen molar-refractivity contribution in [1.82, 2.24) is 20.9 Å². The van der Waals surface area contributed by atoms with Gasteiger partial charge in [0, 0.05) is 32.6 Å². The molecular weight excluding hydrogens is 616 g/mol. The fraction of sp³-hybridized carbons (Fsp3) is 0.528. The summed E-state index contributed by atoms with van der Waals surface area (Å²) in [6.45, 7) is 6.97. The number of rotatable bonds is 16. The highest BCUT2D eigenvalue weighted by Gasteiger charge is 2.33. The van der Waals surface area contributed by atoms with Gasteiger partial charge in [-0.3, -0.25) is 14.4 Å². The van der Waals surface area contributed by atoms with E-state index in [-0.39, 0.29) is 44.0 Å². The molecule has 0 aliphatic carbocycles. The third-order valence-electron chi connectivity index (χ3n) is 7.59. The standard InChI is InChI=1S/C36H50N4O8/c1-36(2,3)48-35(45)39-30(19-10-11-21-38-34(44)47-26-28-16-8-5-9-17-28)33(43)40-23-13-18-29(24-40)32(42)37-22-12-20-31(41)46-25-27-14-6-4-7-15-27/h4-9,14-17,29-30H,10-13,18-26H2,1-3H3,(H,37,42)(H,38,44)(H,39,45)/t29?,30-/m0/s1. The fourth-order valence-corrected chi connectivity index (χ4v) is 5.16. The number of hydrogen-bond donors (Lipinski definition) is 3. The van der Waals surface area contributed by atoms with Crippen LogP contribution in [0.3, 0.4) is 0 Å². The number of likely N-dealkylation sites (tertiary alicyclic amines) is 1. The van der Waals surface area contributed by atoms with Crippen molar-refractivity contribution in [3.05, 3.63) is 71.8 Å². The van der Waals surface area contributed by atoms with E-state index in [4.69, 9.17) is 14.2 Å². The van der Waals surface area contributed by atoms with E-state index in [1.165, 1.54) is 0 Å². The number of hydrogen-bond acceptors (Lipinski definition) is 8. The lowest BCUT2D eigenvalue weighted by Crippen LogP contribution is -2.53. The molecule has 0 bridgehead atoms. The molecule has 0 spiro atoms. The molecule has 1 aliphatic heterocycles. The molecule has 1 fully saturated rings. The van der Waals surface area contributed by atoms with E-state index < -0.39 is 29.7 Å². The highest BCUT2D eigenvalue weighted by molar-refractivity contribution is 5.87. The topological polar surface area (TPSA) is 152 Å². The van der Waals surface area contributed by atoms with Crippen molar-refractivity contribution >= 4 is 30.0 Å². The van der Waals surface area contributed by atoms with Crippen LogP contribution in [0.25, 0.3) is 0 Å². The van der Waals surface area contributed by atoms with E-state index in [0.717, 1.165) is 11.1 Å². The highest BCUT2D eigenvalue weighted by atomic mass is 16.6. The van der Waals surface area contributed by atoms with E-state index in [0.29, 0.717) is 58.2 Å². The van der Waals surface area contributed by atoms with Crippen LogP contribution in [-0.2, 0) is 41.8 Å². The summed E-state index contributed by atoms with van der Waals surface area (Å²) in [7, 11) is 0. The van der Waals surface area contributed by atoms with Gasteiger partial charge in [-0.05, 0) is 70.4 Å². The van der Waals surface area contributed by atoms with Gasteiger partial charge in [-0.15, -0.1) is 0 Å². The van der Waals surface area contributed by atoms with Crippen LogP contribution >= 0.6 is 0 Å². The molecule has 1 aliphatic rings. The zero-order valence-electron chi connectivity index (χ0n) is 28.3. The summed E-state index contributed by atoms with van der Waals surface area (Å²) in [6.07, 6.45) is 2.10. The summed E-state index contributed by atoms with van der Waals surface area (Å²) in [5, 5.41) is 8.31. The van der Waals surface area contributed by atoms with Crippen molar-refractivity contribution in [1.29, 1.82) is 0 Å². The maximum Gasteiger partial charge on any atom is 0.408 e. The minimum absolute atomic E-state index is 0.168. The Bertz CT molecular complexity index is 1320. The van der Waals surface area contributed by atoms with Crippen molar-refractivity contribution in [3.8, 4) is 0 Å². The first-order chi connectivity index (χ1) is 23.0. The van der Waals surface area contributed by atoms with Crippen LogP contribution in [0.4, 0.5) is 9.59 Å². The van der Waals surface area contributed by atoms with Gasteiger partial charge in [-0.2, -0.15) is 0 Å². The van der Waals surface area contributed by atoms with E-state index in [2.05, 4.69) is 16.0 Å². The van der Waals surface area contributed by atoms with Gasteiger partial charge in [0.25, 0.3) is 0 Å². The summed E-state index contributed by atoms with van der Waals surface area (Å²) in [4.78, 5) is 65.0. The molecule has 48 heavy (non-hydrogen) atoms. The number of benzene rings is 2. The number of carbonyl (C=O) groups is 5. The Hall–Kier alpha value is -4.61. The first-order valence-corrected chi connectivity index (χ1v) is 16.7. The van der Waals surface area contributed by atoms with Crippen molar-refractivity contribution in [2.24, 2.45) is 5.92 Å². The molecule has 4 amide bonds. The third kappa shape index (κ3) is 14.9. The van der Waals surface area contributed by atoms with Gasteiger partial charge in [0.05, 0.1) is 5.92 Å². The molecule has 2 aromatic rings. The van der Waals surface area contributed by atoms with Crippen LogP contribution in [-0.4, -0.2) is 72.7 Å². The van der Waals surface area contributed by atoms with Gasteiger partial charge < -0.3 is 35.1 Å². The Balaban J connectivity index is 1.42. The minimum Gasteiger partial charge on any atom is -0.461 e. The first-order valence-electron chi connectivity index (χ1n) is 16.7. The normalized spacial score (nSPS) is 15.1. The summed E-state index contributed by atoms with van der Waals surface area (Å²) in [5.74, 6) is -1.19.